The third kappa shape index (κ3) is 2.64. The molecule has 2 rings (SSSR count). The van der Waals surface area contributed by atoms with Gasteiger partial charge in [0.25, 0.3) is 0 Å². The van der Waals surface area contributed by atoms with E-state index in [-0.39, 0.29) is 11.9 Å². The Bertz CT molecular complexity index is 416. The summed E-state index contributed by atoms with van der Waals surface area (Å²) in [5, 5.41) is 0. The Morgan fingerprint density at radius 3 is 2.65 bits per heavy atom. The normalized spacial score (nSPS) is 19.1. The van der Waals surface area contributed by atoms with Gasteiger partial charge in [-0.2, -0.15) is 0 Å². The van der Waals surface area contributed by atoms with E-state index < -0.39 is 6.04 Å². The zero-order chi connectivity index (χ0) is 12.3. The molecule has 90 valence electrons. The van der Waals surface area contributed by atoms with Crippen molar-refractivity contribution in [3.05, 3.63) is 30.3 Å². The predicted molar refractivity (Wildman–Crippen MR) is 62.5 cm³/mol. The molecule has 4 nitrogen and oxygen atoms in total. The van der Waals surface area contributed by atoms with Crippen molar-refractivity contribution in [3.63, 3.8) is 0 Å². The number of hydrogen-bond acceptors (Lipinski definition) is 3. The molecule has 0 saturated carbocycles. The van der Waals surface area contributed by atoms with Crippen molar-refractivity contribution >= 4 is 11.9 Å². The van der Waals surface area contributed by atoms with Gasteiger partial charge >= 0.3 is 5.97 Å². The second kappa shape index (κ2) is 4.99. The summed E-state index contributed by atoms with van der Waals surface area (Å²) in [5.74, 6) is 0.106. The molecule has 0 unspecified atom stereocenters. The van der Waals surface area contributed by atoms with E-state index in [0.29, 0.717) is 18.7 Å². The van der Waals surface area contributed by atoms with Crippen molar-refractivity contribution in [2.24, 2.45) is 0 Å². The first-order valence-corrected chi connectivity index (χ1v) is 5.72. The number of likely N-dealkylation sites (tertiary alicyclic amines) is 1. The molecule has 1 aromatic rings. The van der Waals surface area contributed by atoms with Crippen molar-refractivity contribution in [3.8, 4) is 5.75 Å². The maximum Gasteiger partial charge on any atom is 0.334 e. The molecule has 0 aliphatic carbocycles. The van der Waals surface area contributed by atoms with Crippen LogP contribution in [-0.4, -0.2) is 29.4 Å². The van der Waals surface area contributed by atoms with E-state index in [1.807, 2.05) is 6.07 Å². The minimum absolute atomic E-state index is 0.0717. The summed E-state index contributed by atoms with van der Waals surface area (Å²) < 4.78 is 5.25. The third-order valence-corrected chi connectivity index (χ3v) is 2.89. The van der Waals surface area contributed by atoms with E-state index in [1.165, 1.54) is 6.92 Å². The first-order chi connectivity index (χ1) is 8.18. The smallest absolute Gasteiger partial charge is 0.334 e. The van der Waals surface area contributed by atoms with E-state index in [9.17, 15) is 9.59 Å². The van der Waals surface area contributed by atoms with E-state index in [0.717, 1.165) is 6.42 Å². The molecule has 1 fully saturated rings. The zero-order valence-electron chi connectivity index (χ0n) is 9.76. The number of rotatable bonds is 2. The number of nitrogens with zero attached hydrogens (tertiary/aromatic N) is 1. The standard InChI is InChI=1S/C13H15NO3/c1-10(15)14-9-5-8-12(14)13(16)17-11-6-3-2-4-7-11/h2-4,6-7,12H,5,8-9H2,1H3/t12-/m0/s1. The number of benzene rings is 1. The topological polar surface area (TPSA) is 46.6 Å². The lowest BCUT2D eigenvalue weighted by molar-refractivity contribution is -0.145. The molecule has 1 heterocycles. The Labute approximate surface area is 100 Å². The second-order valence-corrected chi connectivity index (χ2v) is 4.10. The van der Waals surface area contributed by atoms with E-state index >= 15 is 0 Å². The zero-order valence-corrected chi connectivity index (χ0v) is 9.76. The maximum absolute atomic E-state index is 11.9. The number of amides is 1. The molecule has 17 heavy (non-hydrogen) atoms. The van der Waals surface area contributed by atoms with Crippen LogP contribution in [0.5, 0.6) is 5.75 Å². The van der Waals surface area contributed by atoms with E-state index in [2.05, 4.69) is 0 Å². The lowest BCUT2D eigenvalue weighted by Gasteiger charge is -2.21. The highest BCUT2D eigenvalue weighted by atomic mass is 16.5. The molecule has 0 aromatic heterocycles. The average molecular weight is 233 g/mol. The molecule has 0 bridgehead atoms. The van der Waals surface area contributed by atoms with Gasteiger partial charge in [0.05, 0.1) is 0 Å². The number of ether oxygens (including phenoxy) is 1. The van der Waals surface area contributed by atoms with Crippen molar-refractivity contribution < 1.29 is 14.3 Å². The molecule has 1 amide bonds. The van der Waals surface area contributed by atoms with Gasteiger partial charge in [-0.1, -0.05) is 18.2 Å². The van der Waals surface area contributed by atoms with Crippen LogP contribution in [0.3, 0.4) is 0 Å². The van der Waals surface area contributed by atoms with Gasteiger partial charge in [0.1, 0.15) is 11.8 Å². The van der Waals surface area contributed by atoms with Gasteiger partial charge in [-0.3, -0.25) is 4.79 Å². The Kier molecular flexibility index (Phi) is 3.42. The summed E-state index contributed by atoms with van der Waals surface area (Å²) in [6, 6.07) is 8.50. The molecule has 1 aliphatic heterocycles. The third-order valence-electron chi connectivity index (χ3n) is 2.89. The number of esters is 1. The van der Waals surface area contributed by atoms with Gasteiger partial charge in [-0.25, -0.2) is 4.79 Å². The summed E-state index contributed by atoms with van der Waals surface area (Å²) in [4.78, 5) is 24.8. The highest BCUT2D eigenvalue weighted by Gasteiger charge is 2.33. The first kappa shape index (κ1) is 11.6. The number of para-hydroxylation sites is 1. The molecular weight excluding hydrogens is 218 g/mol. The maximum atomic E-state index is 11.9. The van der Waals surface area contributed by atoms with Crippen LogP contribution in [0.4, 0.5) is 0 Å². The fourth-order valence-electron chi connectivity index (χ4n) is 2.06. The van der Waals surface area contributed by atoms with Crippen LogP contribution < -0.4 is 4.74 Å². The summed E-state index contributed by atoms with van der Waals surface area (Å²) in [6.07, 6.45) is 1.54. The first-order valence-electron chi connectivity index (χ1n) is 5.72. The minimum atomic E-state index is -0.423. The SMILES string of the molecule is CC(=O)N1CCC[C@H]1C(=O)Oc1ccccc1. The van der Waals surface area contributed by atoms with Gasteiger partial charge in [-0.15, -0.1) is 0 Å². The molecule has 1 atom stereocenters. The van der Waals surface area contributed by atoms with Crippen LogP contribution in [0, 0.1) is 0 Å². The highest BCUT2D eigenvalue weighted by molar-refractivity contribution is 5.85. The molecular formula is C13H15NO3. The van der Waals surface area contributed by atoms with Crippen molar-refractivity contribution in [1.82, 2.24) is 4.90 Å². The number of carbonyl (C=O) groups is 2. The van der Waals surface area contributed by atoms with Crippen molar-refractivity contribution in [1.29, 1.82) is 0 Å². The molecule has 1 aliphatic rings. The largest absolute Gasteiger partial charge is 0.425 e. The fourth-order valence-corrected chi connectivity index (χ4v) is 2.06. The molecule has 1 aromatic carbocycles. The van der Waals surface area contributed by atoms with Crippen molar-refractivity contribution in [2.45, 2.75) is 25.8 Å². The summed E-state index contributed by atoms with van der Waals surface area (Å²) in [6.45, 7) is 2.12. The lowest BCUT2D eigenvalue weighted by atomic mass is 10.2. The molecule has 4 heteroatoms. The van der Waals surface area contributed by atoms with Crippen LogP contribution in [0.1, 0.15) is 19.8 Å². The van der Waals surface area contributed by atoms with Gasteiger partial charge in [-0.05, 0) is 25.0 Å². The lowest BCUT2D eigenvalue weighted by Crippen LogP contribution is -2.41. The minimum Gasteiger partial charge on any atom is -0.425 e. The van der Waals surface area contributed by atoms with Crippen LogP contribution in [0.2, 0.25) is 0 Å². The monoisotopic (exact) mass is 233 g/mol. The van der Waals surface area contributed by atoms with Crippen molar-refractivity contribution in [2.75, 3.05) is 6.54 Å². The van der Waals surface area contributed by atoms with Gasteiger partial charge < -0.3 is 9.64 Å². The quantitative estimate of drug-likeness (QED) is 0.576. The molecule has 0 spiro atoms. The van der Waals surface area contributed by atoms with E-state index in [4.69, 9.17) is 4.74 Å². The summed E-state index contributed by atoms with van der Waals surface area (Å²) >= 11 is 0. The van der Waals surface area contributed by atoms with Crippen LogP contribution in [0.25, 0.3) is 0 Å². The second-order valence-electron chi connectivity index (χ2n) is 4.10. The van der Waals surface area contributed by atoms with E-state index in [1.54, 1.807) is 29.2 Å². The Morgan fingerprint density at radius 2 is 2.00 bits per heavy atom. The van der Waals surface area contributed by atoms with Crippen LogP contribution in [0.15, 0.2) is 30.3 Å². The number of hydrogen-bond donors (Lipinski definition) is 0. The Hall–Kier alpha value is -1.84. The van der Waals surface area contributed by atoms with Crippen LogP contribution >= 0.6 is 0 Å². The molecule has 0 radical (unpaired) electrons. The summed E-state index contributed by atoms with van der Waals surface area (Å²) in [5.41, 5.74) is 0. The molecule has 0 N–H and O–H groups in total. The van der Waals surface area contributed by atoms with Crippen LogP contribution in [-0.2, 0) is 9.59 Å². The van der Waals surface area contributed by atoms with Gasteiger partial charge in [0.15, 0.2) is 0 Å². The number of carbonyl (C=O) groups excluding carboxylic acids is 2. The molecule has 1 saturated heterocycles. The Balaban J connectivity index is 2.03. The van der Waals surface area contributed by atoms with Gasteiger partial charge in [0.2, 0.25) is 5.91 Å². The average Bonchev–Trinajstić information content (AvgIpc) is 2.79. The van der Waals surface area contributed by atoms with Gasteiger partial charge in [0, 0.05) is 13.5 Å². The predicted octanol–water partition coefficient (Wildman–Crippen LogP) is 1.60. The Morgan fingerprint density at radius 1 is 1.29 bits per heavy atom. The highest BCUT2D eigenvalue weighted by Crippen LogP contribution is 2.20. The summed E-state index contributed by atoms with van der Waals surface area (Å²) in [7, 11) is 0. The fraction of sp³-hybridized carbons (Fsp3) is 0.385.